The fourth-order valence-corrected chi connectivity index (χ4v) is 3.66. The monoisotopic (exact) mass is 541 g/mol. The van der Waals surface area contributed by atoms with Gasteiger partial charge in [-0.15, -0.1) is 24.0 Å². The van der Waals surface area contributed by atoms with Crippen molar-refractivity contribution in [2.45, 2.75) is 40.2 Å². The van der Waals surface area contributed by atoms with Crippen LogP contribution in [-0.2, 0) is 11.8 Å². The van der Waals surface area contributed by atoms with E-state index in [2.05, 4.69) is 55.1 Å². The first-order valence-electron chi connectivity index (χ1n) is 10.8. The molecule has 0 spiro atoms. The molecule has 0 saturated carbocycles. The highest BCUT2D eigenvalue weighted by Crippen LogP contribution is 2.24. The van der Waals surface area contributed by atoms with Crippen LogP contribution in [0.25, 0.3) is 0 Å². The number of nitrogens with one attached hydrogen (secondary N) is 1. The fraction of sp³-hybridized carbons (Fsp3) is 0.565. The summed E-state index contributed by atoms with van der Waals surface area (Å²) in [6, 6.07) is 4.30. The maximum absolute atomic E-state index is 6.03. The van der Waals surface area contributed by atoms with E-state index >= 15 is 0 Å². The van der Waals surface area contributed by atoms with Crippen molar-refractivity contribution in [3.63, 3.8) is 0 Å². The molecule has 1 aliphatic rings. The topological polar surface area (TPSA) is 63.9 Å². The number of aliphatic imine (C=N–C) groups is 1. The molecule has 8 heteroatoms. The minimum Gasteiger partial charge on any atom is -0.493 e. The third-order valence-electron chi connectivity index (χ3n) is 5.38. The third-order valence-corrected chi connectivity index (χ3v) is 5.38. The van der Waals surface area contributed by atoms with Crippen molar-refractivity contribution >= 4 is 29.9 Å². The summed E-state index contributed by atoms with van der Waals surface area (Å²) < 4.78 is 13.8. The molecule has 3 rings (SSSR count). The lowest BCUT2D eigenvalue weighted by atomic mass is 10.1. The zero-order valence-electron chi connectivity index (χ0n) is 19.4. The fourth-order valence-electron chi connectivity index (χ4n) is 3.66. The van der Waals surface area contributed by atoms with Crippen LogP contribution in [0.3, 0.4) is 0 Å². The molecule has 0 bridgehead atoms. The second kappa shape index (κ2) is 12.3. The summed E-state index contributed by atoms with van der Waals surface area (Å²) in [4.78, 5) is 7.11. The van der Waals surface area contributed by atoms with Crippen LogP contribution in [0.5, 0.6) is 5.75 Å². The van der Waals surface area contributed by atoms with E-state index in [1.54, 1.807) is 0 Å². The summed E-state index contributed by atoms with van der Waals surface area (Å²) >= 11 is 0. The first kappa shape index (κ1) is 25.5. The Kier molecular flexibility index (Phi) is 10.1. The number of rotatable bonds is 7. The summed E-state index contributed by atoms with van der Waals surface area (Å²) in [5, 5.41) is 7.69. The molecule has 2 aromatic rings. The van der Waals surface area contributed by atoms with Crippen LogP contribution in [-0.4, -0.2) is 60.0 Å². The van der Waals surface area contributed by atoms with Crippen LogP contribution in [0, 0.1) is 20.8 Å². The highest BCUT2D eigenvalue weighted by atomic mass is 127. The zero-order chi connectivity index (χ0) is 21.5. The molecule has 7 nitrogen and oxygen atoms in total. The number of guanidine groups is 1. The second-order valence-electron chi connectivity index (χ2n) is 7.90. The number of morpholine rings is 1. The lowest BCUT2D eigenvalue weighted by Gasteiger charge is -2.34. The number of aromatic nitrogens is 2. The van der Waals surface area contributed by atoms with Crippen LogP contribution in [0.1, 0.15) is 41.7 Å². The summed E-state index contributed by atoms with van der Waals surface area (Å²) in [5.74, 6) is 1.92. The number of aryl methyl sites for hydroxylation is 3. The predicted octanol–water partition coefficient (Wildman–Crippen LogP) is 3.77. The summed E-state index contributed by atoms with van der Waals surface area (Å²) in [6.45, 7) is 13.0. The molecular formula is C23H36IN5O2. The first-order chi connectivity index (χ1) is 14.5. The molecule has 1 fully saturated rings. The molecule has 0 aliphatic carbocycles. The molecular weight excluding hydrogens is 505 g/mol. The molecule has 172 valence electrons. The van der Waals surface area contributed by atoms with Gasteiger partial charge in [0.25, 0.3) is 0 Å². The van der Waals surface area contributed by atoms with Gasteiger partial charge in [-0.25, -0.2) is 0 Å². The highest BCUT2D eigenvalue weighted by Gasteiger charge is 2.25. The molecule has 1 unspecified atom stereocenters. The van der Waals surface area contributed by atoms with Crippen LogP contribution in [0.2, 0.25) is 0 Å². The average molecular weight is 541 g/mol. The lowest BCUT2D eigenvalue weighted by Crippen LogP contribution is -2.48. The van der Waals surface area contributed by atoms with Crippen molar-refractivity contribution in [3.8, 4) is 5.75 Å². The van der Waals surface area contributed by atoms with Crippen LogP contribution < -0.4 is 10.1 Å². The normalized spacial score (nSPS) is 16.7. The van der Waals surface area contributed by atoms with Gasteiger partial charge in [-0.05, 0) is 50.5 Å². The Morgan fingerprint density at radius 1 is 1.32 bits per heavy atom. The third kappa shape index (κ3) is 7.10. The van der Waals surface area contributed by atoms with Gasteiger partial charge in [-0.1, -0.05) is 6.07 Å². The van der Waals surface area contributed by atoms with E-state index in [-0.39, 0.29) is 30.1 Å². The van der Waals surface area contributed by atoms with Crippen molar-refractivity contribution in [3.05, 3.63) is 46.8 Å². The molecule has 31 heavy (non-hydrogen) atoms. The Morgan fingerprint density at radius 2 is 2.13 bits per heavy atom. The molecule has 1 atom stereocenters. The summed E-state index contributed by atoms with van der Waals surface area (Å²) in [7, 11) is 1.93. The van der Waals surface area contributed by atoms with Crippen molar-refractivity contribution < 1.29 is 9.47 Å². The first-order valence-corrected chi connectivity index (χ1v) is 10.8. The SMILES string of the molecule is CCNC(=NCCCOc1cc(C)cc(C)c1C)N1CCOC(c2cnn(C)c2)C1.I. The quantitative estimate of drug-likeness (QED) is 0.250. The number of hydrogen-bond donors (Lipinski definition) is 1. The Balaban J connectivity index is 0.00000341. The van der Waals surface area contributed by atoms with Crippen LogP contribution >= 0.6 is 24.0 Å². The van der Waals surface area contributed by atoms with Gasteiger partial charge in [-0.3, -0.25) is 9.67 Å². The standard InChI is InChI=1S/C23H35N5O2.HI/c1-6-24-23(28-9-11-30-22(16-28)20-14-26-27(5)15-20)25-8-7-10-29-21-13-17(2)12-18(3)19(21)4;/h12-15,22H,6-11,16H2,1-5H3,(H,24,25);1H. The zero-order valence-corrected chi connectivity index (χ0v) is 21.7. The van der Waals surface area contributed by atoms with Crippen molar-refractivity contribution in [2.75, 3.05) is 39.4 Å². The molecule has 0 radical (unpaired) electrons. The Hall–Kier alpha value is -1.81. The van der Waals surface area contributed by atoms with E-state index < -0.39 is 0 Å². The molecule has 1 aromatic carbocycles. The van der Waals surface area contributed by atoms with Crippen molar-refractivity contribution in [1.82, 2.24) is 20.0 Å². The largest absolute Gasteiger partial charge is 0.493 e. The lowest BCUT2D eigenvalue weighted by molar-refractivity contribution is -0.00804. The molecule has 1 N–H and O–H groups in total. The van der Waals surface area contributed by atoms with Gasteiger partial charge in [0.15, 0.2) is 5.96 Å². The van der Waals surface area contributed by atoms with E-state index in [1.807, 2.05) is 24.1 Å². The molecule has 1 saturated heterocycles. The number of hydrogen-bond acceptors (Lipinski definition) is 4. The Bertz CT molecular complexity index is 868. The maximum atomic E-state index is 6.03. The van der Waals surface area contributed by atoms with E-state index in [1.165, 1.54) is 16.7 Å². The summed E-state index contributed by atoms with van der Waals surface area (Å²) in [5.41, 5.74) is 4.83. The minimum atomic E-state index is 0. The van der Waals surface area contributed by atoms with Crippen molar-refractivity contribution in [2.24, 2.45) is 12.0 Å². The Morgan fingerprint density at radius 3 is 2.84 bits per heavy atom. The number of nitrogens with zero attached hydrogens (tertiary/aromatic N) is 4. The Labute approximate surface area is 203 Å². The van der Waals surface area contributed by atoms with E-state index in [4.69, 9.17) is 14.5 Å². The molecule has 0 amide bonds. The number of halogens is 1. The van der Waals surface area contributed by atoms with Gasteiger partial charge in [0.1, 0.15) is 11.9 Å². The predicted molar refractivity (Wildman–Crippen MR) is 136 cm³/mol. The van der Waals surface area contributed by atoms with Crippen LogP contribution in [0.15, 0.2) is 29.5 Å². The van der Waals surface area contributed by atoms with Gasteiger partial charge >= 0.3 is 0 Å². The maximum Gasteiger partial charge on any atom is 0.194 e. The average Bonchev–Trinajstić information content (AvgIpc) is 3.17. The molecule has 1 aliphatic heterocycles. The van der Waals surface area contributed by atoms with Gasteiger partial charge in [0, 0.05) is 44.9 Å². The minimum absolute atomic E-state index is 0. The van der Waals surface area contributed by atoms with Crippen molar-refractivity contribution in [1.29, 1.82) is 0 Å². The highest BCUT2D eigenvalue weighted by molar-refractivity contribution is 14.0. The van der Waals surface area contributed by atoms with Gasteiger partial charge < -0.3 is 19.7 Å². The number of ether oxygens (including phenoxy) is 2. The van der Waals surface area contributed by atoms with Gasteiger partial charge in [-0.2, -0.15) is 5.10 Å². The van der Waals surface area contributed by atoms with E-state index in [9.17, 15) is 0 Å². The number of benzene rings is 1. The molecule has 2 heterocycles. The van der Waals surface area contributed by atoms with Crippen LogP contribution in [0.4, 0.5) is 0 Å². The van der Waals surface area contributed by atoms with Gasteiger partial charge in [0.2, 0.25) is 0 Å². The molecule has 1 aromatic heterocycles. The summed E-state index contributed by atoms with van der Waals surface area (Å²) in [6.07, 6.45) is 4.79. The van der Waals surface area contributed by atoms with E-state index in [0.717, 1.165) is 49.9 Å². The van der Waals surface area contributed by atoms with E-state index in [0.29, 0.717) is 13.2 Å². The van der Waals surface area contributed by atoms with Gasteiger partial charge in [0.05, 0.1) is 26.0 Å². The second-order valence-corrected chi connectivity index (χ2v) is 7.90. The smallest absolute Gasteiger partial charge is 0.194 e.